The van der Waals surface area contributed by atoms with E-state index in [1.807, 2.05) is 12.3 Å². The molecule has 2 atom stereocenters. The highest BCUT2D eigenvalue weighted by Crippen LogP contribution is 2.30. The number of ether oxygens (including phenoxy) is 1. The molecule has 2 unspecified atom stereocenters. The highest BCUT2D eigenvalue weighted by Gasteiger charge is 2.28. The SMILES string of the molecule is Cc1cnc(NC(=O)C2CCCCC2C)cc1CN1CCOCC1. The van der Waals surface area contributed by atoms with E-state index in [0.29, 0.717) is 11.7 Å². The van der Waals surface area contributed by atoms with Crippen LogP contribution >= 0.6 is 0 Å². The minimum absolute atomic E-state index is 0.129. The third-order valence-electron chi connectivity index (χ3n) is 5.41. The van der Waals surface area contributed by atoms with Gasteiger partial charge in [0.05, 0.1) is 13.2 Å². The van der Waals surface area contributed by atoms with Gasteiger partial charge in [0.15, 0.2) is 0 Å². The van der Waals surface area contributed by atoms with Crippen LogP contribution in [0.15, 0.2) is 12.3 Å². The molecule has 24 heavy (non-hydrogen) atoms. The van der Waals surface area contributed by atoms with Crippen molar-refractivity contribution in [3.8, 4) is 0 Å². The molecule has 2 heterocycles. The Morgan fingerprint density at radius 3 is 2.83 bits per heavy atom. The minimum Gasteiger partial charge on any atom is -0.379 e. The lowest BCUT2D eigenvalue weighted by Gasteiger charge is -2.28. The zero-order valence-electron chi connectivity index (χ0n) is 14.9. The summed E-state index contributed by atoms with van der Waals surface area (Å²) in [6.45, 7) is 8.68. The fraction of sp³-hybridized carbons (Fsp3) is 0.684. The Morgan fingerprint density at radius 1 is 1.33 bits per heavy atom. The number of rotatable bonds is 4. The molecule has 1 N–H and O–H groups in total. The van der Waals surface area contributed by atoms with Crippen LogP contribution in [-0.2, 0) is 16.1 Å². The Hall–Kier alpha value is -1.46. The number of morpholine rings is 1. The Kier molecular flexibility index (Phi) is 5.85. The van der Waals surface area contributed by atoms with E-state index in [2.05, 4.69) is 29.0 Å². The van der Waals surface area contributed by atoms with Gasteiger partial charge < -0.3 is 10.1 Å². The summed E-state index contributed by atoms with van der Waals surface area (Å²) in [6, 6.07) is 2.04. The summed E-state index contributed by atoms with van der Waals surface area (Å²) < 4.78 is 5.41. The van der Waals surface area contributed by atoms with Gasteiger partial charge in [-0.15, -0.1) is 0 Å². The largest absolute Gasteiger partial charge is 0.379 e. The van der Waals surface area contributed by atoms with Crippen molar-refractivity contribution in [2.24, 2.45) is 11.8 Å². The van der Waals surface area contributed by atoms with Crippen LogP contribution in [0.2, 0.25) is 0 Å². The molecular weight excluding hydrogens is 302 g/mol. The van der Waals surface area contributed by atoms with Crippen molar-refractivity contribution in [3.63, 3.8) is 0 Å². The van der Waals surface area contributed by atoms with Crippen molar-refractivity contribution in [1.29, 1.82) is 0 Å². The zero-order chi connectivity index (χ0) is 16.9. The average Bonchev–Trinajstić information content (AvgIpc) is 2.59. The van der Waals surface area contributed by atoms with E-state index >= 15 is 0 Å². The summed E-state index contributed by atoms with van der Waals surface area (Å²) in [7, 11) is 0. The molecule has 0 aromatic carbocycles. The highest BCUT2D eigenvalue weighted by atomic mass is 16.5. The Bertz CT molecular complexity index is 570. The van der Waals surface area contributed by atoms with Crippen molar-refractivity contribution < 1.29 is 9.53 Å². The molecule has 2 fully saturated rings. The molecule has 1 aromatic heterocycles. The number of anilines is 1. The first-order valence-electron chi connectivity index (χ1n) is 9.20. The van der Waals surface area contributed by atoms with Gasteiger partial charge in [0.25, 0.3) is 0 Å². The smallest absolute Gasteiger partial charge is 0.228 e. The molecule has 0 radical (unpaired) electrons. The number of aryl methyl sites for hydroxylation is 1. The lowest BCUT2D eigenvalue weighted by atomic mass is 9.80. The summed E-state index contributed by atoms with van der Waals surface area (Å²) in [5.41, 5.74) is 2.41. The predicted octanol–water partition coefficient (Wildman–Crippen LogP) is 2.99. The maximum atomic E-state index is 12.6. The first kappa shape index (κ1) is 17.4. The normalized spacial score (nSPS) is 25.4. The minimum atomic E-state index is 0.129. The molecule has 1 saturated carbocycles. The van der Waals surface area contributed by atoms with Crippen molar-refractivity contribution in [2.45, 2.75) is 46.1 Å². The Balaban J connectivity index is 1.65. The maximum Gasteiger partial charge on any atom is 0.228 e. The standard InChI is InChI=1S/C19H29N3O2/c1-14-5-3-4-6-17(14)19(23)21-18-11-16(15(2)12-20-18)13-22-7-9-24-10-8-22/h11-12,14,17H,3-10,13H2,1-2H3,(H,20,21,23). The van der Waals surface area contributed by atoms with Crippen molar-refractivity contribution in [2.75, 3.05) is 31.6 Å². The molecule has 0 bridgehead atoms. The van der Waals surface area contributed by atoms with Crippen LogP contribution in [0.1, 0.15) is 43.7 Å². The summed E-state index contributed by atoms with van der Waals surface area (Å²) in [4.78, 5) is 19.4. The third-order valence-corrected chi connectivity index (χ3v) is 5.41. The van der Waals surface area contributed by atoms with E-state index in [4.69, 9.17) is 4.74 Å². The van der Waals surface area contributed by atoms with Crippen LogP contribution in [0.3, 0.4) is 0 Å². The predicted molar refractivity (Wildman–Crippen MR) is 94.8 cm³/mol. The second kappa shape index (κ2) is 8.08. The molecule has 2 aliphatic rings. The van der Waals surface area contributed by atoms with Crippen molar-refractivity contribution >= 4 is 11.7 Å². The van der Waals surface area contributed by atoms with Gasteiger partial charge in [0, 0.05) is 31.7 Å². The van der Waals surface area contributed by atoms with Crippen LogP contribution in [0.4, 0.5) is 5.82 Å². The molecule has 132 valence electrons. The number of carbonyl (C=O) groups is 1. The van der Waals surface area contributed by atoms with E-state index in [1.165, 1.54) is 17.5 Å². The first-order chi connectivity index (χ1) is 11.6. The molecule has 0 spiro atoms. The summed E-state index contributed by atoms with van der Waals surface area (Å²) in [5, 5.41) is 3.05. The van der Waals surface area contributed by atoms with Gasteiger partial charge in [-0.05, 0) is 42.9 Å². The first-order valence-corrected chi connectivity index (χ1v) is 9.20. The van der Waals surface area contributed by atoms with Crippen LogP contribution in [-0.4, -0.2) is 42.1 Å². The fourth-order valence-corrected chi connectivity index (χ4v) is 3.73. The number of hydrogen-bond donors (Lipinski definition) is 1. The molecule has 1 aromatic rings. The van der Waals surface area contributed by atoms with Gasteiger partial charge in [0.1, 0.15) is 5.82 Å². The zero-order valence-corrected chi connectivity index (χ0v) is 14.9. The lowest BCUT2D eigenvalue weighted by molar-refractivity contribution is -0.122. The van der Waals surface area contributed by atoms with Gasteiger partial charge in [-0.25, -0.2) is 4.98 Å². The van der Waals surface area contributed by atoms with Crippen LogP contribution < -0.4 is 5.32 Å². The van der Waals surface area contributed by atoms with Gasteiger partial charge in [-0.2, -0.15) is 0 Å². The van der Waals surface area contributed by atoms with E-state index in [9.17, 15) is 4.79 Å². The molecule has 1 saturated heterocycles. The van der Waals surface area contributed by atoms with E-state index in [1.54, 1.807) is 0 Å². The topological polar surface area (TPSA) is 54.5 Å². The summed E-state index contributed by atoms with van der Waals surface area (Å²) in [6.07, 6.45) is 6.43. The molecule has 3 rings (SSSR count). The van der Waals surface area contributed by atoms with Crippen LogP contribution in [0.25, 0.3) is 0 Å². The van der Waals surface area contributed by atoms with E-state index < -0.39 is 0 Å². The number of nitrogens with one attached hydrogen (secondary N) is 1. The third kappa shape index (κ3) is 4.33. The second-order valence-electron chi connectivity index (χ2n) is 7.24. The van der Waals surface area contributed by atoms with Gasteiger partial charge in [-0.1, -0.05) is 19.8 Å². The Labute approximate surface area is 144 Å². The monoisotopic (exact) mass is 331 g/mol. The molecule has 1 aliphatic carbocycles. The number of amides is 1. The molecule has 1 aliphatic heterocycles. The summed E-state index contributed by atoms with van der Waals surface area (Å²) in [5.74, 6) is 1.42. The number of nitrogens with zero attached hydrogens (tertiary/aromatic N) is 2. The van der Waals surface area contributed by atoms with Gasteiger partial charge >= 0.3 is 0 Å². The maximum absolute atomic E-state index is 12.6. The number of carbonyl (C=O) groups excluding carboxylic acids is 1. The van der Waals surface area contributed by atoms with E-state index in [0.717, 1.165) is 52.1 Å². The van der Waals surface area contributed by atoms with Crippen LogP contribution in [0.5, 0.6) is 0 Å². The lowest BCUT2D eigenvalue weighted by Crippen LogP contribution is -2.36. The number of hydrogen-bond acceptors (Lipinski definition) is 4. The number of pyridine rings is 1. The summed E-state index contributed by atoms with van der Waals surface area (Å²) >= 11 is 0. The van der Waals surface area contributed by atoms with Crippen molar-refractivity contribution in [1.82, 2.24) is 9.88 Å². The quantitative estimate of drug-likeness (QED) is 0.921. The molecule has 5 heteroatoms. The van der Waals surface area contributed by atoms with E-state index in [-0.39, 0.29) is 11.8 Å². The highest BCUT2D eigenvalue weighted by molar-refractivity contribution is 5.92. The number of aromatic nitrogens is 1. The second-order valence-corrected chi connectivity index (χ2v) is 7.24. The Morgan fingerprint density at radius 2 is 2.08 bits per heavy atom. The van der Waals surface area contributed by atoms with Gasteiger partial charge in [-0.3, -0.25) is 9.69 Å². The molecular formula is C19H29N3O2. The van der Waals surface area contributed by atoms with Gasteiger partial charge in [0.2, 0.25) is 5.91 Å². The average molecular weight is 331 g/mol. The van der Waals surface area contributed by atoms with Crippen LogP contribution in [0, 0.1) is 18.8 Å². The van der Waals surface area contributed by atoms with Crippen molar-refractivity contribution in [3.05, 3.63) is 23.4 Å². The molecule has 1 amide bonds. The fourth-order valence-electron chi connectivity index (χ4n) is 3.73. The molecule has 5 nitrogen and oxygen atoms in total.